The Bertz CT molecular complexity index is 135. The Morgan fingerprint density at radius 3 is 2.23 bits per heavy atom. The summed E-state index contributed by atoms with van der Waals surface area (Å²) in [6, 6.07) is 0. The summed E-state index contributed by atoms with van der Waals surface area (Å²) in [5.74, 6) is 1.35. The van der Waals surface area contributed by atoms with Crippen LogP contribution in [-0.4, -0.2) is 46.2 Å². The molecule has 0 bridgehead atoms. The minimum Gasteiger partial charge on any atom is -0.418 e. The van der Waals surface area contributed by atoms with E-state index in [1.165, 1.54) is 0 Å². The van der Waals surface area contributed by atoms with E-state index in [1.807, 2.05) is 7.06 Å². The van der Waals surface area contributed by atoms with E-state index in [1.54, 1.807) is 11.8 Å². The molecule has 13 heavy (non-hydrogen) atoms. The van der Waals surface area contributed by atoms with Crippen molar-refractivity contribution in [2.45, 2.75) is 6.42 Å². The van der Waals surface area contributed by atoms with Crippen LogP contribution in [0.4, 0.5) is 0 Å². The maximum Gasteiger partial charge on any atom is 0.397 e. The lowest BCUT2D eigenvalue weighted by Gasteiger charge is -2.24. The first-order chi connectivity index (χ1) is 6.45. The van der Waals surface area contributed by atoms with Gasteiger partial charge in [-0.25, -0.2) is 0 Å². The molecule has 0 amide bonds. The van der Waals surface area contributed by atoms with Crippen LogP contribution in [0, 0.1) is 0 Å². The van der Waals surface area contributed by atoms with E-state index in [0.717, 1.165) is 19.6 Å². The van der Waals surface area contributed by atoms with Gasteiger partial charge in [-0.15, -0.1) is 11.8 Å². The third kappa shape index (κ3) is 3.21. The standard InChI is InChI=1S/C5H10B3O4S/c1-2-9-7(10-3-1)6-8-11-4-13-5-12-8/h1-5H2. The summed E-state index contributed by atoms with van der Waals surface area (Å²) < 4.78 is 21.3. The molecule has 4 nitrogen and oxygen atoms in total. The number of rotatable bonds is 2. The Kier molecular flexibility index (Phi) is 4.05. The highest BCUT2D eigenvalue weighted by Crippen LogP contribution is 2.11. The molecule has 2 aliphatic rings. The largest absolute Gasteiger partial charge is 0.418 e. The monoisotopic (exact) mass is 199 g/mol. The molecule has 0 aromatic carbocycles. The molecule has 2 fully saturated rings. The van der Waals surface area contributed by atoms with E-state index in [-0.39, 0.29) is 14.0 Å². The van der Waals surface area contributed by atoms with E-state index in [9.17, 15) is 0 Å². The summed E-state index contributed by atoms with van der Waals surface area (Å²) in [7, 11) is 1.28. The van der Waals surface area contributed by atoms with Gasteiger partial charge in [0.2, 0.25) is 7.06 Å². The molecule has 0 atom stereocenters. The van der Waals surface area contributed by atoms with Gasteiger partial charge in [0, 0.05) is 13.2 Å². The molecule has 1 radical (unpaired) electrons. The topological polar surface area (TPSA) is 36.9 Å². The maximum atomic E-state index is 5.34. The third-order valence-electron chi connectivity index (χ3n) is 1.80. The van der Waals surface area contributed by atoms with Gasteiger partial charge in [-0.05, 0) is 6.42 Å². The first kappa shape index (κ1) is 9.92. The minimum absolute atomic E-state index is 0.262. The van der Waals surface area contributed by atoms with E-state index in [2.05, 4.69) is 0 Å². The Balaban J connectivity index is 1.69. The van der Waals surface area contributed by atoms with Crippen LogP contribution in [0.5, 0.6) is 0 Å². The zero-order chi connectivity index (χ0) is 8.93. The lowest BCUT2D eigenvalue weighted by molar-refractivity contribution is 0.147. The van der Waals surface area contributed by atoms with Gasteiger partial charge in [0.15, 0.2) is 0 Å². The Hall–Kier alpha value is 0.385. The van der Waals surface area contributed by atoms with Gasteiger partial charge in [-0.2, -0.15) is 0 Å². The summed E-state index contributed by atoms with van der Waals surface area (Å²) >= 11 is 1.61. The fourth-order valence-corrected chi connectivity index (χ4v) is 1.70. The average Bonchev–Trinajstić information content (AvgIpc) is 2.21. The normalized spacial score (nSPS) is 24.6. The fourth-order valence-electron chi connectivity index (χ4n) is 1.17. The maximum absolute atomic E-state index is 5.34. The van der Waals surface area contributed by atoms with Crippen molar-refractivity contribution in [2.24, 2.45) is 0 Å². The summed E-state index contributed by atoms with van der Waals surface area (Å²) in [5.41, 5.74) is 0. The van der Waals surface area contributed by atoms with Gasteiger partial charge in [0.1, 0.15) is 0 Å². The van der Waals surface area contributed by atoms with E-state index in [0.29, 0.717) is 11.9 Å². The molecule has 0 saturated carbocycles. The molecule has 0 spiro atoms. The highest BCUT2D eigenvalue weighted by molar-refractivity contribution is 7.99. The fraction of sp³-hybridized carbons (Fsp3) is 1.00. The Labute approximate surface area is 83.5 Å². The SMILES string of the molecule is [B](B1OCCCO1)B1OCSCO1. The molecule has 8 heteroatoms. The Morgan fingerprint density at radius 1 is 0.923 bits per heavy atom. The Morgan fingerprint density at radius 2 is 1.54 bits per heavy atom. The third-order valence-corrected chi connectivity index (χ3v) is 2.40. The van der Waals surface area contributed by atoms with Crippen LogP contribution in [0.15, 0.2) is 0 Å². The summed E-state index contributed by atoms with van der Waals surface area (Å²) in [6.07, 6.45) is 0.965. The van der Waals surface area contributed by atoms with Crippen LogP contribution >= 0.6 is 11.8 Å². The van der Waals surface area contributed by atoms with Gasteiger partial charge < -0.3 is 18.6 Å². The lowest BCUT2D eigenvalue weighted by atomic mass is 9.23. The second-order valence-electron chi connectivity index (χ2n) is 2.80. The van der Waals surface area contributed by atoms with E-state index < -0.39 is 0 Å². The molecule has 2 aliphatic heterocycles. The molecular weight excluding hydrogens is 189 g/mol. The summed E-state index contributed by atoms with van der Waals surface area (Å²) in [4.78, 5) is 0. The van der Waals surface area contributed by atoms with Crippen molar-refractivity contribution >= 4 is 32.8 Å². The van der Waals surface area contributed by atoms with Gasteiger partial charge >= 0.3 is 14.0 Å². The number of hydrogen-bond acceptors (Lipinski definition) is 5. The highest BCUT2D eigenvalue weighted by atomic mass is 32.2. The average molecular weight is 199 g/mol. The van der Waals surface area contributed by atoms with Crippen molar-refractivity contribution in [2.75, 3.05) is 25.1 Å². The molecular formula is C5H10B3O4S. The predicted octanol–water partition coefficient (Wildman–Crippen LogP) is -0.208. The highest BCUT2D eigenvalue weighted by Gasteiger charge is 2.33. The molecule has 0 aromatic heterocycles. The van der Waals surface area contributed by atoms with Crippen molar-refractivity contribution in [3.05, 3.63) is 0 Å². The van der Waals surface area contributed by atoms with Crippen LogP contribution in [0.2, 0.25) is 0 Å². The van der Waals surface area contributed by atoms with Gasteiger partial charge in [-0.3, -0.25) is 0 Å². The molecule has 2 saturated heterocycles. The van der Waals surface area contributed by atoms with Gasteiger partial charge in [-0.1, -0.05) is 0 Å². The van der Waals surface area contributed by atoms with Gasteiger partial charge in [0.25, 0.3) is 0 Å². The first-order valence-corrected chi connectivity index (χ1v) is 5.50. The molecule has 2 rings (SSSR count). The minimum atomic E-state index is -0.274. The predicted molar refractivity (Wildman–Crippen MR) is 53.3 cm³/mol. The molecule has 0 aromatic rings. The molecule has 2 heterocycles. The molecule has 0 aliphatic carbocycles. The number of hydrogen-bond donors (Lipinski definition) is 0. The van der Waals surface area contributed by atoms with Crippen LogP contribution in [-0.2, 0) is 18.6 Å². The zero-order valence-corrected chi connectivity index (χ0v) is 8.13. The summed E-state index contributed by atoms with van der Waals surface area (Å²) in [5, 5.41) is 0. The molecule has 0 unspecified atom stereocenters. The van der Waals surface area contributed by atoms with Crippen molar-refractivity contribution < 1.29 is 18.6 Å². The summed E-state index contributed by atoms with van der Waals surface area (Å²) in [6.45, 7) is 1.51. The quantitative estimate of drug-likeness (QED) is 0.574. The zero-order valence-electron chi connectivity index (χ0n) is 7.31. The van der Waals surface area contributed by atoms with Crippen molar-refractivity contribution in [1.29, 1.82) is 0 Å². The van der Waals surface area contributed by atoms with Crippen molar-refractivity contribution in [1.82, 2.24) is 0 Å². The lowest BCUT2D eigenvalue weighted by Crippen LogP contribution is -2.47. The van der Waals surface area contributed by atoms with Gasteiger partial charge in [0.05, 0.1) is 11.9 Å². The van der Waals surface area contributed by atoms with Crippen LogP contribution in [0.1, 0.15) is 6.42 Å². The second-order valence-corrected chi connectivity index (χ2v) is 3.68. The van der Waals surface area contributed by atoms with Crippen LogP contribution in [0.25, 0.3) is 0 Å². The van der Waals surface area contributed by atoms with E-state index in [4.69, 9.17) is 18.6 Å². The second kappa shape index (κ2) is 5.31. The van der Waals surface area contributed by atoms with Crippen LogP contribution < -0.4 is 0 Å². The smallest absolute Gasteiger partial charge is 0.397 e. The van der Waals surface area contributed by atoms with Crippen LogP contribution in [0.3, 0.4) is 0 Å². The first-order valence-electron chi connectivity index (χ1n) is 4.34. The van der Waals surface area contributed by atoms with Crippen molar-refractivity contribution in [3.63, 3.8) is 0 Å². The van der Waals surface area contributed by atoms with E-state index >= 15 is 0 Å². The van der Waals surface area contributed by atoms with Crippen molar-refractivity contribution in [3.8, 4) is 0 Å². The molecule has 69 valence electrons. The number of thioether (sulfide) groups is 1. The molecule has 0 N–H and O–H groups in total.